The Morgan fingerprint density at radius 1 is 1.10 bits per heavy atom. The quantitative estimate of drug-likeness (QED) is 0.214. The van der Waals surface area contributed by atoms with Gasteiger partial charge in [-0.2, -0.15) is 21.6 Å². The molecule has 3 heterocycles. The van der Waals surface area contributed by atoms with Crippen LogP contribution in [0.1, 0.15) is 17.5 Å². The number of piperidine rings is 1. The van der Waals surface area contributed by atoms with Crippen LogP contribution in [0.2, 0.25) is 0 Å². The summed E-state index contributed by atoms with van der Waals surface area (Å²) in [6.45, 7) is 1.01. The van der Waals surface area contributed by atoms with Crippen molar-refractivity contribution >= 4 is 21.0 Å². The molecule has 1 aromatic heterocycles. The first-order valence-electron chi connectivity index (χ1n) is 12.3. The predicted molar refractivity (Wildman–Crippen MR) is 137 cm³/mol. The van der Waals surface area contributed by atoms with Crippen LogP contribution in [0, 0.1) is 5.92 Å². The summed E-state index contributed by atoms with van der Waals surface area (Å²) >= 11 is 0. The predicted octanol–water partition coefficient (Wildman–Crippen LogP) is 3.83. The van der Waals surface area contributed by atoms with E-state index >= 15 is 0 Å². The highest BCUT2D eigenvalue weighted by Crippen LogP contribution is 2.62. The average Bonchev–Trinajstić information content (AvgIpc) is 3.25. The molecule has 0 unspecified atom stereocenters. The van der Waals surface area contributed by atoms with Crippen LogP contribution in [0.15, 0.2) is 66.9 Å². The van der Waals surface area contributed by atoms with Crippen LogP contribution in [0.3, 0.4) is 0 Å². The summed E-state index contributed by atoms with van der Waals surface area (Å²) in [4.78, 5) is 6.61. The molecule has 1 spiro atoms. The Morgan fingerprint density at radius 2 is 1.79 bits per heavy atom. The molecule has 2 aromatic carbocycles. The van der Waals surface area contributed by atoms with Gasteiger partial charge in [0, 0.05) is 34.5 Å². The SMILES string of the molecule is CN1CC[C@]23c4c5ccc(O)c4O[C@H]2[C@@H](O)C=C[C@H]3[C@H]1C5.O=S(=O)(O)C(F)(F)F.c1ccc2ncccc2c1. The minimum absolute atomic E-state index is 0.160. The highest BCUT2D eigenvalue weighted by Gasteiger charge is 2.64. The number of hydrogen-bond donors (Lipinski definition) is 3. The Hall–Kier alpha value is -3.19. The van der Waals surface area contributed by atoms with Gasteiger partial charge in [-0.05, 0) is 50.2 Å². The van der Waals surface area contributed by atoms with Gasteiger partial charge in [-0.15, -0.1) is 0 Å². The minimum Gasteiger partial charge on any atom is -0.504 e. The molecule has 0 saturated carbocycles. The zero-order chi connectivity index (χ0) is 28.2. The van der Waals surface area contributed by atoms with Gasteiger partial charge in [0.2, 0.25) is 0 Å². The number of hydrogen-bond acceptors (Lipinski definition) is 7. The Kier molecular flexibility index (Phi) is 6.86. The average molecular weight is 565 g/mol. The lowest BCUT2D eigenvalue weighted by Crippen LogP contribution is -2.64. The first-order valence-corrected chi connectivity index (χ1v) is 13.7. The maximum atomic E-state index is 10.7. The van der Waals surface area contributed by atoms with Gasteiger partial charge in [-0.3, -0.25) is 9.54 Å². The number of aromatic hydroxyl groups is 1. The molecule has 8 nitrogen and oxygen atoms in total. The van der Waals surface area contributed by atoms with E-state index in [4.69, 9.17) is 17.7 Å². The number of rotatable bonds is 0. The van der Waals surface area contributed by atoms with Gasteiger partial charge in [-0.1, -0.05) is 42.5 Å². The smallest absolute Gasteiger partial charge is 0.504 e. The van der Waals surface area contributed by atoms with Crippen molar-refractivity contribution < 1.29 is 41.1 Å². The van der Waals surface area contributed by atoms with E-state index in [0.717, 1.165) is 24.9 Å². The van der Waals surface area contributed by atoms with E-state index in [2.05, 4.69) is 35.1 Å². The molecule has 2 bridgehead atoms. The number of likely N-dealkylation sites (N-methyl/N-ethyl adjacent to an activating group) is 1. The van der Waals surface area contributed by atoms with Gasteiger partial charge in [0.05, 0.1) is 5.52 Å². The van der Waals surface area contributed by atoms with Gasteiger partial charge < -0.3 is 19.8 Å². The molecule has 4 aliphatic rings. The van der Waals surface area contributed by atoms with Gasteiger partial charge in [0.15, 0.2) is 11.5 Å². The third kappa shape index (κ3) is 4.65. The number of pyridine rings is 1. The summed E-state index contributed by atoms with van der Waals surface area (Å²) in [7, 11) is -3.65. The molecular formula is C27H27F3N2O6S. The van der Waals surface area contributed by atoms with Crippen molar-refractivity contribution in [3.05, 3.63) is 78.0 Å². The fourth-order valence-electron chi connectivity index (χ4n) is 6.25. The van der Waals surface area contributed by atoms with E-state index in [1.54, 1.807) is 6.07 Å². The molecular weight excluding hydrogens is 537 g/mol. The van der Waals surface area contributed by atoms with Crippen LogP contribution in [-0.2, 0) is 22.0 Å². The molecule has 2 aliphatic carbocycles. The second kappa shape index (κ2) is 9.77. The molecule has 39 heavy (non-hydrogen) atoms. The highest BCUT2D eigenvalue weighted by molar-refractivity contribution is 7.86. The van der Waals surface area contributed by atoms with Gasteiger partial charge in [-0.25, -0.2) is 0 Å². The fraction of sp³-hybridized carbons (Fsp3) is 0.370. The summed E-state index contributed by atoms with van der Waals surface area (Å²) in [5, 5.41) is 21.8. The van der Waals surface area contributed by atoms with Gasteiger partial charge >= 0.3 is 15.6 Å². The fourth-order valence-corrected chi connectivity index (χ4v) is 6.25. The summed E-state index contributed by atoms with van der Waals surface area (Å²) in [5.41, 5.74) is -2.18. The summed E-state index contributed by atoms with van der Waals surface area (Å²) < 4.78 is 63.6. The molecule has 7 rings (SSSR count). The number of nitrogens with zero attached hydrogens (tertiary/aromatic N) is 2. The Morgan fingerprint density at radius 3 is 2.49 bits per heavy atom. The summed E-state index contributed by atoms with van der Waals surface area (Å²) in [5.74, 6) is 1.19. The molecule has 2 aliphatic heterocycles. The van der Waals surface area contributed by atoms with E-state index in [1.807, 2.05) is 42.6 Å². The first kappa shape index (κ1) is 27.4. The van der Waals surface area contributed by atoms with Gasteiger partial charge in [0.25, 0.3) is 0 Å². The van der Waals surface area contributed by atoms with Crippen molar-refractivity contribution in [2.45, 2.75) is 42.0 Å². The third-order valence-corrected chi connectivity index (χ3v) is 8.54. The second-order valence-electron chi connectivity index (χ2n) is 10.0. The largest absolute Gasteiger partial charge is 0.522 e. The number of alkyl halides is 3. The van der Waals surface area contributed by atoms with Crippen LogP contribution >= 0.6 is 0 Å². The van der Waals surface area contributed by atoms with Crippen molar-refractivity contribution in [1.29, 1.82) is 0 Å². The third-order valence-electron chi connectivity index (χ3n) is 7.95. The number of aliphatic hydroxyl groups is 1. The van der Waals surface area contributed by atoms with E-state index in [-0.39, 0.29) is 17.3 Å². The number of aliphatic hydroxyl groups excluding tert-OH is 1. The number of ether oxygens (including phenoxy) is 1. The molecule has 12 heteroatoms. The van der Waals surface area contributed by atoms with E-state index in [0.29, 0.717) is 17.7 Å². The number of likely N-dealkylation sites (tertiary alicyclic amines) is 1. The number of aromatic nitrogens is 1. The van der Waals surface area contributed by atoms with Crippen LogP contribution in [-0.4, -0.2) is 70.4 Å². The Bertz CT molecular complexity index is 1460. The summed E-state index contributed by atoms with van der Waals surface area (Å²) in [6.07, 6.45) is 6.99. The van der Waals surface area contributed by atoms with Crippen LogP contribution < -0.4 is 4.74 Å². The number of phenols is 1. The molecule has 3 N–H and O–H groups in total. The van der Waals surface area contributed by atoms with E-state index in [9.17, 15) is 23.4 Å². The Labute approximate surface area is 223 Å². The molecule has 1 fully saturated rings. The zero-order valence-corrected chi connectivity index (χ0v) is 21.6. The highest BCUT2D eigenvalue weighted by atomic mass is 32.2. The van der Waals surface area contributed by atoms with Crippen molar-refractivity contribution in [2.24, 2.45) is 5.92 Å². The van der Waals surface area contributed by atoms with Crippen LogP contribution in [0.25, 0.3) is 10.9 Å². The summed E-state index contributed by atoms with van der Waals surface area (Å²) in [6, 6.07) is 16.3. The number of fused-ring (bicyclic) bond motifs is 1. The van der Waals surface area contributed by atoms with E-state index < -0.39 is 21.7 Å². The molecule has 208 valence electrons. The van der Waals surface area contributed by atoms with Crippen molar-refractivity contribution in [1.82, 2.24) is 9.88 Å². The van der Waals surface area contributed by atoms with Crippen LogP contribution in [0.4, 0.5) is 13.2 Å². The maximum absolute atomic E-state index is 10.7. The first-order chi connectivity index (χ1) is 18.3. The van der Waals surface area contributed by atoms with E-state index in [1.165, 1.54) is 16.5 Å². The molecule has 0 radical (unpaired) electrons. The molecule has 1 saturated heterocycles. The zero-order valence-electron chi connectivity index (χ0n) is 20.8. The van der Waals surface area contributed by atoms with Gasteiger partial charge in [0.1, 0.15) is 12.2 Å². The number of phenolic OH excluding ortho intramolecular Hbond substituents is 1. The normalized spacial score (nSPS) is 28.4. The minimum atomic E-state index is -5.84. The number of para-hydroxylation sites is 1. The molecule has 3 aromatic rings. The lowest BCUT2D eigenvalue weighted by Gasteiger charge is -2.56. The Balaban J connectivity index is 0.000000143. The lowest BCUT2D eigenvalue weighted by atomic mass is 9.53. The maximum Gasteiger partial charge on any atom is 0.522 e. The van der Waals surface area contributed by atoms with Crippen molar-refractivity contribution in [3.63, 3.8) is 0 Å². The monoisotopic (exact) mass is 564 g/mol. The topological polar surface area (TPSA) is 120 Å². The molecule has 5 atom stereocenters. The van der Waals surface area contributed by atoms with Crippen molar-refractivity contribution in [2.75, 3.05) is 13.6 Å². The number of benzene rings is 2. The van der Waals surface area contributed by atoms with Crippen molar-refractivity contribution in [3.8, 4) is 11.5 Å². The standard InChI is InChI=1S/C17H19NO3.C9H7N.CHF3O3S/c1-18-7-6-17-10-3-5-13(20)16(17)21-15-12(19)4-2-9(14(15)17)8-11(10)18;1-2-6-9-8(4-1)5-3-7-10-9;2-1(3,4)8(5,6)7/h2-5,10-11,13,16,19-20H,6-8H2,1H3;1-7H;(H,5,6,7)/t10-,11+,13-,16-,17-;;/m0../s1. The van der Waals surface area contributed by atoms with Crippen LogP contribution in [0.5, 0.6) is 11.5 Å². The lowest BCUT2D eigenvalue weighted by molar-refractivity contribution is -0.0510. The molecule has 0 amide bonds. The second-order valence-corrected chi connectivity index (χ2v) is 11.5. The number of halogens is 3.